The molecule has 0 aliphatic carbocycles. The zero-order valence-electron chi connectivity index (χ0n) is 15.0. The molecule has 0 saturated carbocycles. The molecule has 0 atom stereocenters. The first-order chi connectivity index (χ1) is 12.0. The lowest BCUT2D eigenvalue weighted by Gasteiger charge is -2.34. The molecular formula is C19H24N4O2. The van der Waals surface area contributed by atoms with Crippen molar-refractivity contribution in [2.75, 3.05) is 26.2 Å². The van der Waals surface area contributed by atoms with Crippen LogP contribution in [0.1, 0.15) is 44.6 Å². The fourth-order valence-electron chi connectivity index (χ4n) is 3.51. The van der Waals surface area contributed by atoms with Gasteiger partial charge in [-0.15, -0.1) is 0 Å². The number of aromatic nitrogens is 2. The van der Waals surface area contributed by atoms with Gasteiger partial charge in [-0.25, -0.2) is 0 Å². The average Bonchev–Trinajstić information content (AvgIpc) is 2.90. The average molecular weight is 340 g/mol. The van der Waals surface area contributed by atoms with E-state index in [0.29, 0.717) is 24.3 Å². The van der Waals surface area contributed by atoms with Crippen molar-refractivity contribution >= 4 is 11.7 Å². The van der Waals surface area contributed by atoms with Crippen molar-refractivity contribution in [3.05, 3.63) is 52.6 Å². The number of rotatable bonds is 4. The minimum Gasteiger partial charge on any atom is -0.354 e. The highest BCUT2D eigenvalue weighted by atomic mass is 16.2. The van der Waals surface area contributed by atoms with E-state index < -0.39 is 0 Å². The fourth-order valence-corrected chi connectivity index (χ4v) is 3.51. The van der Waals surface area contributed by atoms with Crippen LogP contribution < -0.4 is 0 Å². The van der Waals surface area contributed by atoms with Crippen molar-refractivity contribution in [1.82, 2.24) is 19.8 Å². The predicted molar refractivity (Wildman–Crippen MR) is 95.7 cm³/mol. The van der Waals surface area contributed by atoms with Gasteiger partial charge in [0.25, 0.3) is 5.91 Å². The van der Waals surface area contributed by atoms with Crippen LogP contribution in [0.2, 0.25) is 0 Å². The number of nitrogens with one attached hydrogen (secondary N) is 1. The minimum atomic E-state index is -0.0170. The number of amides is 1. The number of H-pyrrole nitrogens is 1. The van der Waals surface area contributed by atoms with Gasteiger partial charge in [0.05, 0.1) is 0 Å². The largest absolute Gasteiger partial charge is 0.354 e. The van der Waals surface area contributed by atoms with Crippen molar-refractivity contribution in [3.8, 4) is 0 Å². The number of aromatic amines is 1. The topological polar surface area (TPSA) is 69.3 Å². The van der Waals surface area contributed by atoms with E-state index in [-0.39, 0.29) is 11.7 Å². The van der Waals surface area contributed by atoms with E-state index in [9.17, 15) is 9.59 Å². The molecule has 1 N–H and O–H groups in total. The van der Waals surface area contributed by atoms with E-state index in [1.54, 1.807) is 12.4 Å². The molecule has 6 heteroatoms. The Morgan fingerprint density at radius 2 is 1.76 bits per heavy atom. The molecular weight excluding hydrogens is 316 g/mol. The smallest absolute Gasteiger partial charge is 0.270 e. The Balaban J connectivity index is 1.64. The molecule has 1 saturated heterocycles. The molecule has 3 rings (SSSR count). The van der Waals surface area contributed by atoms with Crippen LogP contribution in [-0.4, -0.2) is 57.6 Å². The molecule has 25 heavy (non-hydrogen) atoms. The zero-order chi connectivity index (χ0) is 18.0. The summed E-state index contributed by atoms with van der Waals surface area (Å²) in [5, 5.41) is 0. The number of piperazine rings is 1. The van der Waals surface area contributed by atoms with Gasteiger partial charge in [-0.2, -0.15) is 0 Å². The second-order valence-electron chi connectivity index (χ2n) is 6.60. The van der Waals surface area contributed by atoms with Crippen LogP contribution in [0.5, 0.6) is 0 Å². The lowest BCUT2D eigenvalue weighted by molar-refractivity contribution is 0.0622. The molecule has 1 amide bonds. The number of carbonyl (C=O) groups excluding carboxylic acids is 2. The summed E-state index contributed by atoms with van der Waals surface area (Å²) in [5.41, 5.74) is 3.94. The summed E-state index contributed by atoms with van der Waals surface area (Å²) >= 11 is 0. The Bertz CT molecular complexity index is 774. The number of Topliss-reactive ketones (excluding diaryl/α,β-unsaturated/α-hetero) is 1. The zero-order valence-corrected chi connectivity index (χ0v) is 15.0. The quantitative estimate of drug-likeness (QED) is 0.866. The highest BCUT2D eigenvalue weighted by molar-refractivity contribution is 6.02. The molecule has 0 spiro atoms. The summed E-state index contributed by atoms with van der Waals surface area (Å²) in [6, 6.07) is 4.04. The van der Waals surface area contributed by atoms with Crippen LogP contribution in [0.25, 0.3) is 0 Å². The van der Waals surface area contributed by atoms with Gasteiger partial charge in [0, 0.05) is 56.4 Å². The predicted octanol–water partition coefficient (Wildman–Crippen LogP) is 2.19. The molecule has 0 unspecified atom stereocenters. The minimum absolute atomic E-state index is 0.00697. The Hall–Kier alpha value is -2.47. The molecule has 3 heterocycles. The van der Waals surface area contributed by atoms with Gasteiger partial charge in [0.15, 0.2) is 5.78 Å². The van der Waals surface area contributed by atoms with Crippen LogP contribution in [0.4, 0.5) is 0 Å². The second kappa shape index (κ2) is 7.19. The summed E-state index contributed by atoms with van der Waals surface area (Å²) < 4.78 is 0. The fraction of sp³-hybridized carbons (Fsp3) is 0.421. The molecule has 1 aliphatic rings. The maximum absolute atomic E-state index is 12.8. The Kier molecular flexibility index (Phi) is 4.99. The summed E-state index contributed by atoms with van der Waals surface area (Å²) in [6.07, 6.45) is 3.61. The summed E-state index contributed by atoms with van der Waals surface area (Å²) in [7, 11) is 0. The number of hydrogen-bond donors (Lipinski definition) is 1. The molecule has 1 fully saturated rings. The highest BCUT2D eigenvalue weighted by Crippen LogP contribution is 2.20. The summed E-state index contributed by atoms with van der Waals surface area (Å²) in [4.78, 5) is 35.9. The highest BCUT2D eigenvalue weighted by Gasteiger charge is 2.26. The maximum atomic E-state index is 12.8. The number of aryl methyl sites for hydroxylation is 1. The van der Waals surface area contributed by atoms with Crippen molar-refractivity contribution in [3.63, 3.8) is 0 Å². The maximum Gasteiger partial charge on any atom is 0.270 e. The Labute approximate surface area is 147 Å². The molecule has 132 valence electrons. The lowest BCUT2D eigenvalue weighted by Crippen LogP contribution is -2.48. The lowest BCUT2D eigenvalue weighted by atomic mass is 10.1. The van der Waals surface area contributed by atoms with Gasteiger partial charge >= 0.3 is 0 Å². The van der Waals surface area contributed by atoms with Crippen molar-refractivity contribution in [2.45, 2.75) is 27.3 Å². The molecule has 0 radical (unpaired) electrons. The SMILES string of the molecule is CC(=O)c1c(C)[nH]c(C(=O)N2CCN(Cc3ccncc3)CC2)c1C. The van der Waals surface area contributed by atoms with Gasteiger partial charge in [-0.3, -0.25) is 19.5 Å². The molecule has 0 aromatic carbocycles. The first-order valence-corrected chi connectivity index (χ1v) is 8.58. The van der Waals surface area contributed by atoms with E-state index in [1.807, 2.05) is 30.9 Å². The third-order valence-corrected chi connectivity index (χ3v) is 4.82. The van der Waals surface area contributed by atoms with Crippen molar-refractivity contribution < 1.29 is 9.59 Å². The number of ketones is 1. The summed E-state index contributed by atoms with van der Waals surface area (Å²) in [6.45, 7) is 9.15. The molecule has 2 aromatic rings. The third kappa shape index (κ3) is 3.64. The van der Waals surface area contributed by atoms with Gasteiger partial charge in [-0.05, 0) is 44.0 Å². The second-order valence-corrected chi connectivity index (χ2v) is 6.60. The number of nitrogens with zero attached hydrogens (tertiary/aromatic N) is 3. The Morgan fingerprint density at radius 1 is 1.12 bits per heavy atom. The first-order valence-electron chi connectivity index (χ1n) is 8.58. The van der Waals surface area contributed by atoms with Crippen LogP contribution in [0.3, 0.4) is 0 Å². The molecule has 0 bridgehead atoms. The van der Waals surface area contributed by atoms with E-state index in [0.717, 1.165) is 30.9 Å². The summed E-state index contributed by atoms with van der Waals surface area (Å²) in [5.74, 6) is -0.0240. The molecule has 6 nitrogen and oxygen atoms in total. The third-order valence-electron chi connectivity index (χ3n) is 4.82. The van der Waals surface area contributed by atoms with E-state index in [4.69, 9.17) is 0 Å². The van der Waals surface area contributed by atoms with Gasteiger partial charge in [0.1, 0.15) is 5.69 Å². The van der Waals surface area contributed by atoms with Crippen LogP contribution >= 0.6 is 0 Å². The van der Waals surface area contributed by atoms with E-state index >= 15 is 0 Å². The van der Waals surface area contributed by atoms with E-state index in [1.165, 1.54) is 12.5 Å². The standard InChI is InChI=1S/C19H24N4O2/c1-13-17(15(3)24)14(2)21-18(13)19(25)23-10-8-22(9-11-23)12-16-4-6-20-7-5-16/h4-7,21H,8-12H2,1-3H3. The normalized spacial score (nSPS) is 15.4. The van der Waals surface area contributed by atoms with Crippen molar-refractivity contribution in [2.24, 2.45) is 0 Å². The number of pyridine rings is 1. The monoisotopic (exact) mass is 340 g/mol. The Morgan fingerprint density at radius 3 is 2.32 bits per heavy atom. The van der Waals surface area contributed by atoms with Gasteiger partial charge in [0.2, 0.25) is 0 Å². The molecule has 1 aliphatic heterocycles. The van der Waals surface area contributed by atoms with Crippen molar-refractivity contribution in [1.29, 1.82) is 0 Å². The van der Waals surface area contributed by atoms with Gasteiger partial charge in [-0.1, -0.05) is 0 Å². The number of hydrogen-bond acceptors (Lipinski definition) is 4. The first kappa shape index (κ1) is 17.4. The van der Waals surface area contributed by atoms with Crippen LogP contribution in [-0.2, 0) is 6.54 Å². The van der Waals surface area contributed by atoms with Gasteiger partial charge < -0.3 is 9.88 Å². The number of carbonyl (C=O) groups is 2. The van der Waals surface area contributed by atoms with Crippen LogP contribution in [0, 0.1) is 13.8 Å². The van der Waals surface area contributed by atoms with E-state index in [2.05, 4.69) is 14.9 Å². The molecule has 2 aromatic heterocycles. The van der Waals surface area contributed by atoms with Crippen LogP contribution in [0.15, 0.2) is 24.5 Å².